The Morgan fingerprint density at radius 2 is 2.04 bits per heavy atom. The maximum absolute atomic E-state index is 11.8. The minimum Gasteiger partial charge on any atom is -0.497 e. The van der Waals surface area contributed by atoms with Crippen LogP contribution in [0.1, 0.15) is 11.1 Å². The van der Waals surface area contributed by atoms with Crippen molar-refractivity contribution in [1.82, 2.24) is 5.32 Å². The van der Waals surface area contributed by atoms with Gasteiger partial charge < -0.3 is 25.2 Å². The molecule has 0 fully saturated rings. The van der Waals surface area contributed by atoms with Gasteiger partial charge in [-0.15, -0.1) is 0 Å². The monoisotopic (exact) mass is 389 g/mol. The number of halogens is 1. The number of rotatable bonds is 8. The van der Waals surface area contributed by atoms with Gasteiger partial charge in [0.2, 0.25) is 0 Å². The van der Waals surface area contributed by atoms with Crippen LogP contribution in [0.2, 0.25) is 5.02 Å². The van der Waals surface area contributed by atoms with Crippen molar-refractivity contribution in [2.24, 2.45) is 0 Å². The molecule has 0 saturated heterocycles. The van der Waals surface area contributed by atoms with Gasteiger partial charge in [0.25, 0.3) is 0 Å². The molecule has 0 saturated carbocycles. The van der Waals surface area contributed by atoms with Crippen LogP contribution in [-0.2, 0) is 11.3 Å². The quantitative estimate of drug-likeness (QED) is 0.644. The van der Waals surface area contributed by atoms with Gasteiger partial charge in [-0.05, 0) is 35.9 Å². The van der Waals surface area contributed by atoms with E-state index in [1.54, 1.807) is 13.2 Å². The molecule has 8 heteroatoms. The lowest BCUT2D eigenvalue weighted by molar-refractivity contribution is 0.0302. The SMILES string of the molecule is COc1ccc(COCC(O)CNC(=O)Nc2ccc(C#N)c(Cl)c2)cc1. The molecule has 1 unspecified atom stereocenters. The number of nitriles is 1. The molecule has 0 aliphatic carbocycles. The first-order chi connectivity index (χ1) is 13.0. The van der Waals surface area contributed by atoms with Crippen molar-refractivity contribution in [2.75, 3.05) is 25.6 Å². The summed E-state index contributed by atoms with van der Waals surface area (Å²) in [7, 11) is 1.60. The van der Waals surface area contributed by atoms with Gasteiger partial charge in [-0.3, -0.25) is 0 Å². The van der Waals surface area contributed by atoms with Crippen molar-refractivity contribution in [1.29, 1.82) is 5.26 Å². The number of nitrogens with one attached hydrogen (secondary N) is 2. The van der Waals surface area contributed by atoms with Crippen LogP contribution in [0.3, 0.4) is 0 Å². The number of carbonyl (C=O) groups excluding carboxylic acids is 1. The van der Waals surface area contributed by atoms with E-state index in [9.17, 15) is 9.90 Å². The third-order valence-corrected chi connectivity index (χ3v) is 3.90. The predicted octanol–water partition coefficient (Wildman–Crippen LogP) is 2.92. The number of nitrogens with zero attached hydrogens (tertiary/aromatic N) is 1. The number of carbonyl (C=O) groups is 1. The zero-order valence-corrected chi connectivity index (χ0v) is 15.5. The first kappa shape index (κ1) is 20.5. The maximum atomic E-state index is 11.8. The average molecular weight is 390 g/mol. The fourth-order valence-electron chi connectivity index (χ4n) is 2.16. The Kier molecular flexibility index (Phi) is 7.89. The topological polar surface area (TPSA) is 104 Å². The Balaban J connectivity index is 1.68. The number of methoxy groups -OCH3 is 1. The molecule has 27 heavy (non-hydrogen) atoms. The van der Waals surface area contributed by atoms with E-state index in [0.717, 1.165) is 11.3 Å². The number of hydrogen-bond donors (Lipinski definition) is 3. The fraction of sp³-hybridized carbons (Fsp3) is 0.263. The number of hydrogen-bond acceptors (Lipinski definition) is 5. The number of aliphatic hydroxyl groups is 1. The summed E-state index contributed by atoms with van der Waals surface area (Å²) >= 11 is 5.91. The zero-order chi connectivity index (χ0) is 19.6. The average Bonchev–Trinajstić information content (AvgIpc) is 2.67. The van der Waals surface area contributed by atoms with Crippen LogP contribution < -0.4 is 15.4 Å². The van der Waals surface area contributed by atoms with E-state index >= 15 is 0 Å². The van der Waals surface area contributed by atoms with E-state index in [-0.39, 0.29) is 18.2 Å². The van der Waals surface area contributed by atoms with E-state index in [4.69, 9.17) is 26.3 Å². The largest absolute Gasteiger partial charge is 0.497 e. The first-order valence-electron chi connectivity index (χ1n) is 8.15. The molecule has 2 amide bonds. The summed E-state index contributed by atoms with van der Waals surface area (Å²) in [6.45, 7) is 0.449. The molecule has 0 spiro atoms. The number of amides is 2. The normalized spacial score (nSPS) is 11.3. The third kappa shape index (κ3) is 6.79. The van der Waals surface area contributed by atoms with Crippen molar-refractivity contribution in [2.45, 2.75) is 12.7 Å². The number of ether oxygens (including phenoxy) is 2. The highest BCUT2D eigenvalue weighted by Crippen LogP contribution is 2.20. The summed E-state index contributed by atoms with van der Waals surface area (Å²) in [5.74, 6) is 0.762. The summed E-state index contributed by atoms with van der Waals surface area (Å²) in [4.78, 5) is 11.8. The zero-order valence-electron chi connectivity index (χ0n) is 14.7. The molecule has 2 aromatic rings. The van der Waals surface area contributed by atoms with Crippen LogP contribution >= 0.6 is 11.6 Å². The fourth-order valence-corrected chi connectivity index (χ4v) is 2.39. The van der Waals surface area contributed by atoms with Gasteiger partial charge >= 0.3 is 6.03 Å². The molecule has 1 atom stereocenters. The predicted molar refractivity (Wildman–Crippen MR) is 102 cm³/mol. The molecule has 0 aliphatic rings. The Hall–Kier alpha value is -2.79. The molecule has 0 aliphatic heterocycles. The second kappa shape index (κ2) is 10.4. The third-order valence-electron chi connectivity index (χ3n) is 3.58. The van der Waals surface area contributed by atoms with Gasteiger partial charge in [-0.2, -0.15) is 5.26 Å². The van der Waals surface area contributed by atoms with E-state index < -0.39 is 12.1 Å². The summed E-state index contributed by atoms with van der Waals surface area (Å²) in [5, 5.41) is 24.1. The molecule has 0 heterocycles. The van der Waals surface area contributed by atoms with Crippen LogP contribution in [0.15, 0.2) is 42.5 Å². The van der Waals surface area contributed by atoms with Gasteiger partial charge in [0.15, 0.2) is 0 Å². The molecule has 2 aromatic carbocycles. The van der Waals surface area contributed by atoms with Gasteiger partial charge in [0.1, 0.15) is 11.8 Å². The standard InChI is InChI=1S/C19H20ClN3O4/c1-26-17-6-2-13(3-7-17)11-27-12-16(24)10-22-19(25)23-15-5-4-14(9-21)18(20)8-15/h2-8,16,24H,10-12H2,1H3,(H2,22,23,25). The summed E-state index contributed by atoms with van der Waals surface area (Å²) in [5.41, 5.74) is 1.72. The Morgan fingerprint density at radius 3 is 2.67 bits per heavy atom. The first-order valence-corrected chi connectivity index (χ1v) is 8.53. The Labute approximate surface area is 162 Å². The van der Waals surface area contributed by atoms with Crippen LogP contribution in [0, 0.1) is 11.3 Å². The van der Waals surface area contributed by atoms with Crippen molar-refractivity contribution >= 4 is 23.3 Å². The van der Waals surface area contributed by atoms with Crippen LogP contribution in [0.4, 0.5) is 10.5 Å². The van der Waals surface area contributed by atoms with E-state index in [2.05, 4.69) is 10.6 Å². The second-order valence-corrected chi connectivity index (χ2v) is 6.07. The summed E-state index contributed by atoms with van der Waals surface area (Å²) in [6, 6.07) is 13.4. The van der Waals surface area contributed by atoms with Crippen molar-refractivity contribution in [3.63, 3.8) is 0 Å². The minimum atomic E-state index is -0.849. The molecule has 0 radical (unpaired) electrons. The van der Waals surface area contributed by atoms with Gasteiger partial charge in [0, 0.05) is 12.2 Å². The molecule has 7 nitrogen and oxygen atoms in total. The van der Waals surface area contributed by atoms with Gasteiger partial charge in [0.05, 0.1) is 37.0 Å². The van der Waals surface area contributed by atoms with Crippen LogP contribution in [0.25, 0.3) is 0 Å². The molecule has 0 bridgehead atoms. The number of urea groups is 1. The smallest absolute Gasteiger partial charge is 0.319 e. The van der Waals surface area contributed by atoms with Gasteiger partial charge in [-0.1, -0.05) is 23.7 Å². The number of anilines is 1. The lowest BCUT2D eigenvalue weighted by Crippen LogP contribution is -2.37. The molecule has 0 aromatic heterocycles. The Morgan fingerprint density at radius 1 is 1.30 bits per heavy atom. The number of aliphatic hydroxyl groups excluding tert-OH is 1. The highest BCUT2D eigenvalue weighted by Gasteiger charge is 2.09. The lowest BCUT2D eigenvalue weighted by atomic mass is 10.2. The molecule has 2 rings (SSSR count). The molecule has 142 valence electrons. The van der Waals surface area contributed by atoms with Crippen molar-refractivity contribution in [3.8, 4) is 11.8 Å². The summed E-state index contributed by atoms with van der Waals surface area (Å²) in [6.07, 6.45) is -0.849. The number of benzene rings is 2. The highest BCUT2D eigenvalue weighted by molar-refractivity contribution is 6.32. The molecule has 3 N–H and O–H groups in total. The molecular weight excluding hydrogens is 370 g/mol. The molecular formula is C19H20ClN3O4. The second-order valence-electron chi connectivity index (χ2n) is 5.66. The van der Waals surface area contributed by atoms with E-state index in [1.165, 1.54) is 12.1 Å². The van der Waals surface area contributed by atoms with Crippen molar-refractivity contribution < 1.29 is 19.4 Å². The lowest BCUT2D eigenvalue weighted by Gasteiger charge is -2.13. The highest BCUT2D eigenvalue weighted by atomic mass is 35.5. The van der Waals surface area contributed by atoms with E-state index in [1.807, 2.05) is 30.3 Å². The maximum Gasteiger partial charge on any atom is 0.319 e. The van der Waals surface area contributed by atoms with Crippen LogP contribution in [0.5, 0.6) is 5.75 Å². The van der Waals surface area contributed by atoms with Crippen LogP contribution in [-0.4, -0.2) is 37.5 Å². The van der Waals surface area contributed by atoms with Crippen molar-refractivity contribution in [3.05, 3.63) is 58.6 Å². The summed E-state index contributed by atoms with van der Waals surface area (Å²) < 4.78 is 10.5. The minimum absolute atomic E-state index is 0.0262. The van der Waals surface area contributed by atoms with E-state index in [0.29, 0.717) is 17.9 Å². The Bertz CT molecular complexity index is 806. The van der Waals surface area contributed by atoms with Gasteiger partial charge in [-0.25, -0.2) is 4.79 Å².